The van der Waals surface area contributed by atoms with Gasteiger partial charge in [0.25, 0.3) is 0 Å². The fourth-order valence-electron chi connectivity index (χ4n) is 3.39. The predicted octanol–water partition coefficient (Wildman–Crippen LogP) is 1.79. The molecule has 0 amide bonds. The standard InChI is InChI=1S/C18H22N6O2S/c1-12-8-20-18(21-9-12)24-7-3-4-13(10-24)11-26-15-6-2-5-14-16(15)17(19)23-27(25)22-14/h2,5-6,8-9,13,22H,3-4,7,10-11H2,1H3,(H2,19,23). The fourth-order valence-corrected chi connectivity index (χ4v) is 4.07. The third-order valence-corrected chi connectivity index (χ3v) is 5.46. The third kappa shape index (κ3) is 3.87. The van der Waals surface area contributed by atoms with Crippen LogP contribution in [-0.4, -0.2) is 39.7 Å². The van der Waals surface area contributed by atoms with E-state index in [1.165, 1.54) is 0 Å². The first kappa shape index (κ1) is 17.7. The summed E-state index contributed by atoms with van der Waals surface area (Å²) in [6, 6.07) is 5.53. The maximum absolute atomic E-state index is 11.6. The van der Waals surface area contributed by atoms with Gasteiger partial charge in [-0.1, -0.05) is 6.07 Å². The van der Waals surface area contributed by atoms with Crippen LogP contribution in [0.25, 0.3) is 0 Å². The van der Waals surface area contributed by atoms with Gasteiger partial charge in [0.2, 0.25) is 17.1 Å². The van der Waals surface area contributed by atoms with Gasteiger partial charge in [0.1, 0.15) is 11.6 Å². The molecule has 0 spiro atoms. The Kier molecular flexibility index (Phi) is 4.93. The normalized spacial score (nSPS) is 21.8. The van der Waals surface area contributed by atoms with Crippen molar-refractivity contribution in [2.45, 2.75) is 19.8 Å². The van der Waals surface area contributed by atoms with E-state index in [-0.39, 0.29) is 5.84 Å². The maximum Gasteiger partial charge on any atom is 0.245 e. The summed E-state index contributed by atoms with van der Waals surface area (Å²) < 4.78 is 24.4. The van der Waals surface area contributed by atoms with Gasteiger partial charge in [-0.05, 0) is 37.5 Å². The zero-order chi connectivity index (χ0) is 18.8. The van der Waals surface area contributed by atoms with Crippen molar-refractivity contribution in [1.82, 2.24) is 9.97 Å². The molecule has 3 N–H and O–H groups in total. The van der Waals surface area contributed by atoms with Crippen molar-refractivity contribution in [2.24, 2.45) is 16.0 Å². The molecule has 2 aliphatic rings. The largest absolute Gasteiger partial charge is 0.492 e. The van der Waals surface area contributed by atoms with Gasteiger partial charge in [-0.15, -0.1) is 0 Å². The Morgan fingerprint density at radius 2 is 2.19 bits per heavy atom. The lowest BCUT2D eigenvalue weighted by Gasteiger charge is -2.32. The lowest BCUT2D eigenvalue weighted by Crippen LogP contribution is -2.38. The van der Waals surface area contributed by atoms with Gasteiger partial charge in [0.05, 0.1) is 17.9 Å². The number of fused-ring (bicyclic) bond motifs is 1. The molecule has 0 radical (unpaired) electrons. The second-order valence-corrected chi connectivity index (χ2v) is 7.72. The lowest BCUT2D eigenvalue weighted by atomic mass is 9.99. The molecule has 2 aromatic rings. The molecule has 0 saturated carbocycles. The highest BCUT2D eigenvalue weighted by Crippen LogP contribution is 2.30. The molecular weight excluding hydrogens is 364 g/mol. The van der Waals surface area contributed by atoms with E-state index in [1.807, 2.05) is 37.5 Å². The highest BCUT2D eigenvalue weighted by Gasteiger charge is 2.24. The minimum absolute atomic E-state index is 0.232. The number of ether oxygens (including phenoxy) is 1. The Balaban J connectivity index is 1.44. The van der Waals surface area contributed by atoms with Crippen LogP contribution in [0, 0.1) is 12.8 Å². The first-order valence-electron chi connectivity index (χ1n) is 8.92. The molecule has 9 heteroatoms. The van der Waals surface area contributed by atoms with Gasteiger partial charge in [-0.2, -0.15) is 4.40 Å². The summed E-state index contributed by atoms with van der Waals surface area (Å²) >= 11 is -1.54. The van der Waals surface area contributed by atoms with Gasteiger partial charge < -0.3 is 15.4 Å². The van der Waals surface area contributed by atoms with Crippen LogP contribution in [0.15, 0.2) is 35.0 Å². The van der Waals surface area contributed by atoms with Crippen LogP contribution in [0.4, 0.5) is 11.6 Å². The number of benzene rings is 1. The van der Waals surface area contributed by atoms with Crippen molar-refractivity contribution < 1.29 is 8.95 Å². The Morgan fingerprint density at radius 3 is 3.00 bits per heavy atom. The molecule has 4 rings (SSSR count). The van der Waals surface area contributed by atoms with Crippen LogP contribution in [0.3, 0.4) is 0 Å². The molecule has 1 aromatic carbocycles. The Labute approximate surface area is 160 Å². The van der Waals surface area contributed by atoms with Crippen LogP contribution in [-0.2, 0) is 11.2 Å². The summed E-state index contributed by atoms with van der Waals surface area (Å²) in [6.07, 6.45) is 5.85. The summed E-state index contributed by atoms with van der Waals surface area (Å²) in [5.74, 6) is 2.02. The van der Waals surface area contributed by atoms with E-state index < -0.39 is 11.2 Å². The second-order valence-electron chi connectivity index (χ2n) is 6.83. The topological polar surface area (TPSA) is 106 Å². The van der Waals surface area contributed by atoms with E-state index in [2.05, 4.69) is 24.0 Å². The number of anilines is 2. The Morgan fingerprint density at radius 1 is 1.37 bits per heavy atom. The number of aryl methyl sites for hydroxylation is 1. The number of aromatic nitrogens is 2. The predicted molar refractivity (Wildman–Crippen MR) is 106 cm³/mol. The number of amidine groups is 1. The number of piperidine rings is 1. The molecule has 2 atom stereocenters. The molecule has 8 nitrogen and oxygen atoms in total. The van der Waals surface area contributed by atoms with Gasteiger partial charge in [0, 0.05) is 31.4 Å². The number of hydrogen-bond donors (Lipinski definition) is 2. The van der Waals surface area contributed by atoms with E-state index in [1.54, 1.807) is 0 Å². The maximum atomic E-state index is 11.6. The van der Waals surface area contributed by atoms with Crippen LogP contribution in [0.2, 0.25) is 0 Å². The smallest absolute Gasteiger partial charge is 0.245 e. The summed E-state index contributed by atoms with van der Waals surface area (Å²) in [7, 11) is 0. The van der Waals surface area contributed by atoms with Crippen molar-refractivity contribution in [1.29, 1.82) is 0 Å². The van der Waals surface area contributed by atoms with Gasteiger partial charge in [-0.25, -0.2) is 14.2 Å². The molecule has 2 unspecified atom stereocenters. The van der Waals surface area contributed by atoms with Crippen LogP contribution >= 0.6 is 0 Å². The average molecular weight is 386 g/mol. The van der Waals surface area contributed by atoms with Crippen molar-refractivity contribution in [3.05, 3.63) is 41.7 Å². The number of nitrogens with two attached hydrogens (primary N) is 1. The lowest BCUT2D eigenvalue weighted by molar-refractivity contribution is 0.228. The number of nitrogens with one attached hydrogen (secondary N) is 1. The second kappa shape index (κ2) is 7.51. The zero-order valence-electron chi connectivity index (χ0n) is 15.1. The summed E-state index contributed by atoms with van der Waals surface area (Å²) in [5, 5.41) is 0. The molecule has 1 aromatic heterocycles. The van der Waals surface area contributed by atoms with Crippen LogP contribution in [0.1, 0.15) is 24.0 Å². The number of nitrogens with zero attached hydrogens (tertiary/aromatic N) is 4. The molecule has 0 aliphatic carbocycles. The van der Waals surface area contributed by atoms with E-state index in [0.29, 0.717) is 29.5 Å². The Bertz CT molecular complexity index is 886. The molecule has 3 heterocycles. The van der Waals surface area contributed by atoms with Gasteiger partial charge >= 0.3 is 0 Å². The van der Waals surface area contributed by atoms with Crippen molar-refractivity contribution in [2.75, 3.05) is 29.3 Å². The highest BCUT2D eigenvalue weighted by molar-refractivity contribution is 7.85. The van der Waals surface area contributed by atoms with Gasteiger partial charge in [-0.3, -0.25) is 4.72 Å². The summed E-state index contributed by atoms with van der Waals surface area (Å²) in [5.41, 5.74) is 8.37. The quantitative estimate of drug-likeness (QED) is 0.830. The fraction of sp³-hybridized carbons (Fsp3) is 0.389. The first-order chi connectivity index (χ1) is 13.1. The number of hydrogen-bond acceptors (Lipinski definition) is 6. The van der Waals surface area contributed by atoms with E-state index in [0.717, 1.165) is 37.4 Å². The summed E-state index contributed by atoms with van der Waals surface area (Å²) in [4.78, 5) is 11.1. The third-order valence-electron chi connectivity index (χ3n) is 4.70. The van der Waals surface area contributed by atoms with Crippen molar-refractivity contribution >= 4 is 28.6 Å². The SMILES string of the molecule is Cc1cnc(N2CCCC(COc3cccc4c3C(N)=NS(=O)N4)C2)nc1. The molecule has 2 aliphatic heterocycles. The molecule has 1 saturated heterocycles. The van der Waals surface area contributed by atoms with Crippen LogP contribution < -0.4 is 20.1 Å². The Hall–Kier alpha value is -2.68. The molecule has 27 heavy (non-hydrogen) atoms. The molecule has 0 bridgehead atoms. The van der Waals surface area contributed by atoms with Crippen molar-refractivity contribution in [3.8, 4) is 5.75 Å². The van der Waals surface area contributed by atoms with Crippen LogP contribution in [0.5, 0.6) is 5.75 Å². The minimum Gasteiger partial charge on any atom is -0.492 e. The van der Waals surface area contributed by atoms with Crippen molar-refractivity contribution in [3.63, 3.8) is 0 Å². The van der Waals surface area contributed by atoms with E-state index in [9.17, 15) is 4.21 Å². The molecular formula is C18H22N6O2S. The molecule has 142 valence electrons. The first-order valence-corrected chi connectivity index (χ1v) is 10.0. The average Bonchev–Trinajstić information content (AvgIpc) is 2.66. The van der Waals surface area contributed by atoms with E-state index in [4.69, 9.17) is 10.5 Å². The van der Waals surface area contributed by atoms with E-state index >= 15 is 0 Å². The summed E-state index contributed by atoms with van der Waals surface area (Å²) in [6.45, 7) is 4.35. The van der Waals surface area contributed by atoms with Gasteiger partial charge in [0.15, 0.2) is 0 Å². The minimum atomic E-state index is -1.54. The number of rotatable bonds is 4. The zero-order valence-corrected chi connectivity index (χ0v) is 15.9. The monoisotopic (exact) mass is 386 g/mol. The highest BCUT2D eigenvalue weighted by atomic mass is 32.2. The molecule has 1 fully saturated rings.